The van der Waals surface area contributed by atoms with Crippen LogP contribution in [0.2, 0.25) is 0 Å². The van der Waals surface area contributed by atoms with Gasteiger partial charge in [0.25, 0.3) is 0 Å². The van der Waals surface area contributed by atoms with E-state index in [4.69, 9.17) is 0 Å². The summed E-state index contributed by atoms with van der Waals surface area (Å²) in [4.78, 5) is 7.91. The van der Waals surface area contributed by atoms with E-state index >= 15 is 0 Å². The fourth-order valence-electron chi connectivity index (χ4n) is 1.57. The van der Waals surface area contributed by atoms with Crippen LogP contribution in [0.15, 0.2) is 41.8 Å². The van der Waals surface area contributed by atoms with Gasteiger partial charge in [-0.1, -0.05) is 0 Å². The zero-order valence-electron chi connectivity index (χ0n) is 9.14. The van der Waals surface area contributed by atoms with E-state index in [-0.39, 0.29) is 21.2 Å². The molecule has 3 aromatic heterocycles. The number of hydrogen-bond acceptors (Lipinski definition) is 3. The molecule has 0 saturated carbocycles. The summed E-state index contributed by atoms with van der Waals surface area (Å²) in [5.74, 6) is 0. The Morgan fingerprint density at radius 3 is 2.18 bits per heavy atom. The van der Waals surface area contributed by atoms with Gasteiger partial charge in [0, 0.05) is 0 Å². The number of rotatable bonds is 3. The van der Waals surface area contributed by atoms with E-state index in [0.29, 0.717) is 0 Å². The fraction of sp³-hybridized carbons (Fsp3) is 0.0769. The van der Waals surface area contributed by atoms with Crippen LogP contribution in [0.1, 0.15) is 0 Å². The maximum atomic E-state index is 2.32. The van der Waals surface area contributed by atoms with Crippen molar-refractivity contribution in [3.05, 3.63) is 44.7 Å². The Kier molecular flexibility index (Phi) is 3.65. The molecule has 3 aromatic rings. The SMILES string of the molecule is C[I-]c1ccc(-c2ccc(-c3cccs3)s2)s1. The molecule has 0 aliphatic heterocycles. The van der Waals surface area contributed by atoms with Crippen molar-refractivity contribution >= 4 is 34.0 Å². The molecule has 0 unspecified atom stereocenters. The third-order valence-electron chi connectivity index (χ3n) is 2.37. The van der Waals surface area contributed by atoms with Crippen molar-refractivity contribution in [1.29, 1.82) is 0 Å². The molecule has 0 amide bonds. The van der Waals surface area contributed by atoms with E-state index in [2.05, 4.69) is 46.7 Å². The number of hydrogen-bond donors (Lipinski definition) is 0. The van der Waals surface area contributed by atoms with Crippen LogP contribution in [0.4, 0.5) is 0 Å². The Morgan fingerprint density at radius 2 is 1.53 bits per heavy atom. The zero-order chi connectivity index (χ0) is 11.7. The van der Waals surface area contributed by atoms with Crippen LogP contribution in [0.3, 0.4) is 0 Å². The Hall–Kier alpha value is -0.170. The molecule has 0 nitrogen and oxygen atoms in total. The molecule has 0 N–H and O–H groups in total. The molecule has 0 aromatic carbocycles. The van der Waals surface area contributed by atoms with Gasteiger partial charge in [-0.3, -0.25) is 0 Å². The quantitative estimate of drug-likeness (QED) is 0.476. The third kappa shape index (κ3) is 2.50. The van der Waals surface area contributed by atoms with Crippen LogP contribution in [-0.4, -0.2) is 4.93 Å². The van der Waals surface area contributed by atoms with E-state index in [1.54, 1.807) is 2.88 Å². The molecule has 0 saturated heterocycles. The topological polar surface area (TPSA) is 0 Å². The van der Waals surface area contributed by atoms with Crippen molar-refractivity contribution in [1.82, 2.24) is 0 Å². The molecule has 0 aliphatic carbocycles. The molecule has 0 fully saturated rings. The Balaban J connectivity index is 1.94. The van der Waals surface area contributed by atoms with E-state index in [0.717, 1.165) is 0 Å². The predicted molar refractivity (Wildman–Crippen MR) is 75.6 cm³/mol. The first-order valence-electron chi connectivity index (χ1n) is 5.10. The van der Waals surface area contributed by atoms with Crippen molar-refractivity contribution < 1.29 is 21.2 Å². The number of alkyl halides is 1. The molecule has 3 rings (SSSR count). The Morgan fingerprint density at radius 1 is 0.824 bits per heavy atom. The summed E-state index contributed by atoms with van der Waals surface area (Å²) in [7, 11) is 0. The summed E-state index contributed by atoms with van der Waals surface area (Å²) in [6, 6.07) is 13.4. The number of thiophene rings is 3. The van der Waals surface area contributed by atoms with Crippen molar-refractivity contribution in [3.8, 4) is 19.5 Å². The molecule has 0 bridgehead atoms. The normalized spacial score (nSPS) is 11.1. The van der Waals surface area contributed by atoms with Gasteiger partial charge in [0.1, 0.15) is 0 Å². The molecule has 0 atom stereocenters. The molecule has 0 aliphatic rings. The minimum absolute atomic E-state index is 0.233. The van der Waals surface area contributed by atoms with E-state index < -0.39 is 0 Å². The van der Waals surface area contributed by atoms with Crippen molar-refractivity contribution in [2.24, 2.45) is 0 Å². The van der Waals surface area contributed by atoms with Crippen LogP contribution < -0.4 is 21.2 Å². The average Bonchev–Trinajstić information content (AvgIpc) is 3.09. The Labute approximate surface area is 123 Å². The van der Waals surface area contributed by atoms with Crippen molar-refractivity contribution in [3.63, 3.8) is 0 Å². The van der Waals surface area contributed by atoms with Crippen LogP contribution >= 0.6 is 34.0 Å². The first kappa shape index (κ1) is 11.9. The van der Waals surface area contributed by atoms with Crippen LogP contribution in [-0.2, 0) is 0 Å². The molecule has 3 heterocycles. The van der Waals surface area contributed by atoms with E-state index in [1.165, 1.54) is 19.5 Å². The van der Waals surface area contributed by atoms with Crippen LogP contribution in [0.25, 0.3) is 19.5 Å². The van der Waals surface area contributed by atoms with Crippen molar-refractivity contribution in [2.45, 2.75) is 0 Å². The average molecular weight is 389 g/mol. The second-order valence-corrected chi connectivity index (χ2v) is 9.52. The molecule has 17 heavy (non-hydrogen) atoms. The molecule has 4 heteroatoms. The second kappa shape index (κ2) is 5.22. The van der Waals surface area contributed by atoms with Gasteiger partial charge < -0.3 is 0 Å². The van der Waals surface area contributed by atoms with Crippen molar-refractivity contribution in [2.75, 3.05) is 4.93 Å². The van der Waals surface area contributed by atoms with Gasteiger partial charge in [0.05, 0.1) is 0 Å². The molecular weight excluding hydrogens is 379 g/mol. The predicted octanol–water partition coefficient (Wildman–Crippen LogP) is 2.09. The second-order valence-electron chi connectivity index (χ2n) is 3.43. The summed E-state index contributed by atoms with van der Waals surface area (Å²) in [5.41, 5.74) is 0. The summed E-state index contributed by atoms with van der Waals surface area (Å²) in [6.07, 6.45) is 0. The molecular formula is C13H10IS3-. The first-order valence-corrected chi connectivity index (χ1v) is 10.8. The maximum absolute atomic E-state index is 2.32. The standard InChI is InChI=1S/C13H10IS3/c1-14-13-7-6-12(17-13)11-5-4-10(16-11)9-3-2-8-15-9/h2-8H,1H3/q-1. The van der Waals surface area contributed by atoms with Crippen LogP contribution in [0.5, 0.6) is 0 Å². The Bertz CT molecular complexity index is 604. The summed E-state index contributed by atoms with van der Waals surface area (Å²) >= 11 is 5.91. The fourth-order valence-corrected chi connectivity index (χ4v) is 6.22. The van der Waals surface area contributed by atoms with Gasteiger partial charge in [-0.25, -0.2) is 0 Å². The van der Waals surface area contributed by atoms with E-state index in [1.807, 2.05) is 34.0 Å². The van der Waals surface area contributed by atoms with E-state index in [9.17, 15) is 0 Å². The summed E-state index contributed by atoms with van der Waals surface area (Å²) in [6.45, 7) is 0. The van der Waals surface area contributed by atoms with Gasteiger partial charge in [0.2, 0.25) is 0 Å². The number of halogens is 1. The minimum atomic E-state index is 0.233. The van der Waals surface area contributed by atoms with Crippen LogP contribution in [0, 0.1) is 2.88 Å². The zero-order valence-corrected chi connectivity index (χ0v) is 13.8. The molecule has 88 valence electrons. The molecule has 0 radical (unpaired) electrons. The molecule has 0 spiro atoms. The van der Waals surface area contributed by atoms with Gasteiger partial charge in [-0.2, -0.15) is 0 Å². The monoisotopic (exact) mass is 389 g/mol. The van der Waals surface area contributed by atoms with Gasteiger partial charge in [-0.05, 0) is 0 Å². The van der Waals surface area contributed by atoms with Gasteiger partial charge in [-0.15, -0.1) is 0 Å². The van der Waals surface area contributed by atoms with Gasteiger partial charge >= 0.3 is 124 Å². The first-order chi connectivity index (χ1) is 8.36. The summed E-state index contributed by atoms with van der Waals surface area (Å²) in [5, 5.41) is 2.14. The van der Waals surface area contributed by atoms with Gasteiger partial charge in [0.15, 0.2) is 0 Å². The summed E-state index contributed by atoms with van der Waals surface area (Å²) < 4.78 is 1.57. The third-order valence-corrected chi connectivity index (χ3v) is 8.71.